The van der Waals surface area contributed by atoms with E-state index < -0.39 is 0 Å². The number of fused-ring (bicyclic) bond motifs is 1. The Hall–Kier alpha value is -1.40. The lowest BCUT2D eigenvalue weighted by atomic mass is 10.2. The molecule has 0 atom stereocenters. The molecule has 1 aromatic heterocycles. The summed E-state index contributed by atoms with van der Waals surface area (Å²) in [6.07, 6.45) is 0. The Bertz CT molecular complexity index is 763. The fraction of sp³-hybridized carbons (Fsp3) is 0. The second-order valence-corrected chi connectivity index (χ2v) is 5.72. The first-order valence-corrected chi connectivity index (χ1v) is 7.04. The number of hydrogen-bond acceptors (Lipinski definition) is 2. The van der Waals surface area contributed by atoms with E-state index in [1.54, 1.807) is 10.6 Å². The summed E-state index contributed by atoms with van der Waals surface area (Å²) in [5, 5.41) is 0. The van der Waals surface area contributed by atoms with E-state index in [4.69, 9.17) is 5.73 Å². The first-order valence-electron chi connectivity index (χ1n) is 5.46. The van der Waals surface area contributed by atoms with Crippen LogP contribution in [0.3, 0.4) is 0 Å². The van der Waals surface area contributed by atoms with Crippen molar-refractivity contribution in [2.75, 3.05) is 5.73 Å². The molecule has 96 valence electrons. The zero-order chi connectivity index (χ0) is 13.6. The van der Waals surface area contributed by atoms with E-state index in [9.17, 15) is 4.39 Å². The van der Waals surface area contributed by atoms with Crippen molar-refractivity contribution in [1.82, 2.24) is 9.55 Å². The molecule has 2 aromatic carbocycles. The summed E-state index contributed by atoms with van der Waals surface area (Å²) < 4.78 is 16.8. The third-order valence-electron chi connectivity index (χ3n) is 2.80. The minimum absolute atomic E-state index is 0.313. The molecule has 6 heteroatoms. The predicted octanol–water partition coefficient (Wildman–Crippen LogP) is 4.27. The van der Waals surface area contributed by atoms with Crippen LogP contribution >= 0.6 is 31.9 Å². The first-order chi connectivity index (χ1) is 9.08. The Morgan fingerprint density at radius 2 is 1.79 bits per heavy atom. The third kappa shape index (κ3) is 2.04. The predicted molar refractivity (Wildman–Crippen MR) is 80.8 cm³/mol. The lowest BCUT2D eigenvalue weighted by Gasteiger charge is -2.11. The van der Waals surface area contributed by atoms with Crippen molar-refractivity contribution >= 4 is 48.8 Å². The van der Waals surface area contributed by atoms with Crippen LogP contribution in [-0.4, -0.2) is 9.55 Å². The smallest absolute Gasteiger partial charge is 0.206 e. The van der Waals surface area contributed by atoms with Gasteiger partial charge in [-0.15, -0.1) is 0 Å². The van der Waals surface area contributed by atoms with E-state index in [1.165, 1.54) is 12.1 Å². The Balaban J connectivity index is 2.42. The van der Waals surface area contributed by atoms with E-state index in [-0.39, 0.29) is 5.82 Å². The zero-order valence-corrected chi connectivity index (χ0v) is 12.7. The van der Waals surface area contributed by atoms with Gasteiger partial charge in [-0.3, -0.25) is 4.57 Å². The summed E-state index contributed by atoms with van der Waals surface area (Å²) in [5.41, 5.74) is 8.04. The van der Waals surface area contributed by atoms with Gasteiger partial charge in [0.15, 0.2) is 0 Å². The van der Waals surface area contributed by atoms with Gasteiger partial charge in [0.25, 0.3) is 0 Å². The molecule has 0 spiro atoms. The summed E-state index contributed by atoms with van der Waals surface area (Å²) >= 11 is 6.96. The molecule has 0 unspecified atom stereocenters. The maximum atomic E-state index is 13.4. The van der Waals surface area contributed by atoms with Gasteiger partial charge in [-0.05, 0) is 56.1 Å². The van der Waals surface area contributed by atoms with Gasteiger partial charge < -0.3 is 5.73 Å². The molecule has 0 amide bonds. The van der Waals surface area contributed by atoms with E-state index in [2.05, 4.69) is 36.8 Å². The highest BCUT2D eigenvalue weighted by Gasteiger charge is 2.15. The molecule has 0 bridgehead atoms. The van der Waals surface area contributed by atoms with Gasteiger partial charge >= 0.3 is 0 Å². The molecule has 0 radical (unpaired) electrons. The van der Waals surface area contributed by atoms with Crippen molar-refractivity contribution in [2.45, 2.75) is 0 Å². The highest BCUT2D eigenvalue weighted by molar-refractivity contribution is 9.11. The summed E-state index contributed by atoms with van der Waals surface area (Å²) in [6.45, 7) is 0. The monoisotopic (exact) mass is 383 g/mol. The van der Waals surface area contributed by atoms with Crippen molar-refractivity contribution in [3.8, 4) is 5.69 Å². The lowest BCUT2D eigenvalue weighted by Crippen LogP contribution is -2.02. The van der Waals surface area contributed by atoms with Crippen molar-refractivity contribution in [3.05, 3.63) is 51.2 Å². The number of hydrogen-bond donors (Lipinski definition) is 1. The highest BCUT2D eigenvalue weighted by Crippen LogP contribution is 2.33. The van der Waals surface area contributed by atoms with Crippen LogP contribution in [0.2, 0.25) is 0 Å². The zero-order valence-electron chi connectivity index (χ0n) is 9.57. The number of para-hydroxylation sites is 1. The highest BCUT2D eigenvalue weighted by atomic mass is 79.9. The molecule has 0 aliphatic heterocycles. The van der Waals surface area contributed by atoms with E-state index in [0.29, 0.717) is 17.0 Å². The molecular formula is C13H8Br2FN3. The lowest BCUT2D eigenvalue weighted by molar-refractivity contribution is 0.629. The van der Waals surface area contributed by atoms with E-state index >= 15 is 0 Å². The second kappa shape index (κ2) is 4.61. The van der Waals surface area contributed by atoms with Gasteiger partial charge in [-0.1, -0.05) is 6.07 Å². The molecule has 3 rings (SSSR count). The van der Waals surface area contributed by atoms with Crippen LogP contribution in [-0.2, 0) is 0 Å². The van der Waals surface area contributed by atoms with Crippen molar-refractivity contribution in [3.63, 3.8) is 0 Å². The number of halogens is 3. The Morgan fingerprint density at radius 1 is 1.11 bits per heavy atom. The van der Waals surface area contributed by atoms with Crippen LogP contribution in [0.5, 0.6) is 0 Å². The Kier molecular flexibility index (Phi) is 3.06. The molecule has 0 saturated heterocycles. The second-order valence-electron chi connectivity index (χ2n) is 4.01. The summed E-state index contributed by atoms with van der Waals surface area (Å²) in [6, 6.07) is 10.1. The van der Waals surface area contributed by atoms with Crippen LogP contribution in [0.15, 0.2) is 45.3 Å². The topological polar surface area (TPSA) is 43.8 Å². The van der Waals surface area contributed by atoms with Crippen molar-refractivity contribution < 1.29 is 4.39 Å². The van der Waals surface area contributed by atoms with Gasteiger partial charge in [0.2, 0.25) is 5.95 Å². The average Bonchev–Trinajstić information content (AvgIpc) is 2.66. The van der Waals surface area contributed by atoms with Gasteiger partial charge in [-0.2, -0.15) is 0 Å². The van der Waals surface area contributed by atoms with Crippen LogP contribution in [0.4, 0.5) is 10.3 Å². The van der Waals surface area contributed by atoms with Crippen LogP contribution < -0.4 is 5.73 Å². The maximum absolute atomic E-state index is 13.4. The van der Waals surface area contributed by atoms with Crippen LogP contribution in [0.1, 0.15) is 0 Å². The normalized spacial score (nSPS) is 11.1. The average molecular weight is 385 g/mol. The number of nitrogens with zero attached hydrogens (tertiary/aromatic N) is 2. The molecule has 0 aliphatic carbocycles. The quantitative estimate of drug-likeness (QED) is 0.680. The van der Waals surface area contributed by atoms with Gasteiger partial charge in [0.05, 0.1) is 16.7 Å². The number of rotatable bonds is 1. The molecule has 3 aromatic rings. The number of aromatic nitrogens is 2. The van der Waals surface area contributed by atoms with Gasteiger partial charge in [0, 0.05) is 15.0 Å². The summed E-state index contributed by atoms with van der Waals surface area (Å²) in [5.74, 6) is -0.00924. The largest absolute Gasteiger partial charge is 0.369 e. The number of nitrogens with two attached hydrogens (primary N) is 1. The molecule has 0 fully saturated rings. The molecular weight excluding hydrogens is 377 g/mol. The first kappa shape index (κ1) is 12.6. The minimum atomic E-state index is -0.322. The molecule has 0 saturated carbocycles. The molecule has 19 heavy (non-hydrogen) atoms. The number of anilines is 1. The van der Waals surface area contributed by atoms with Crippen molar-refractivity contribution in [1.29, 1.82) is 0 Å². The number of imidazole rings is 1. The van der Waals surface area contributed by atoms with Gasteiger partial charge in [0.1, 0.15) is 5.82 Å². The van der Waals surface area contributed by atoms with Crippen LogP contribution in [0.25, 0.3) is 16.7 Å². The standard InChI is InChI=1S/C13H8Br2FN3/c14-8-2-1-3-9(15)12(8)19-11-6-7(16)4-5-10(11)18-13(19)17/h1-6H,(H2,17,18). The van der Waals surface area contributed by atoms with E-state index in [1.807, 2.05) is 18.2 Å². The Morgan fingerprint density at radius 3 is 2.47 bits per heavy atom. The number of benzene rings is 2. The SMILES string of the molecule is Nc1nc2ccc(F)cc2n1-c1c(Br)cccc1Br. The fourth-order valence-corrected chi connectivity index (χ4v) is 3.36. The van der Waals surface area contributed by atoms with Crippen LogP contribution in [0, 0.1) is 5.82 Å². The maximum Gasteiger partial charge on any atom is 0.206 e. The molecule has 2 N–H and O–H groups in total. The fourth-order valence-electron chi connectivity index (χ4n) is 2.00. The minimum Gasteiger partial charge on any atom is -0.369 e. The Labute approximate surface area is 125 Å². The molecule has 1 heterocycles. The number of nitrogen functional groups attached to an aromatic ring is 1. The summed E-state index contributed by atoms with van der Waals surface area (Å²) in [7, 11) is 0. The molecule has 0 aliphatic rings. The van der Waals surface area contributed by atoms with E-state index in [0.717, 1.165) is 14.6 Å². The molecule has 3 nitrogen and oxygen atoms in total. The summed E-state index contributed by atoms with van der Waals surface area (Å²) in [4.78, 5) is 4.25. The van der Waals surface area contributed by atoms with Gasteiger partial charge in [-0.25, -0.2) is 9.37 Å². The third-order valence-corrected chi connectivity index (χ3v) is 4.08. The van der Waals surface area contributed by atoms with Crippen molar-refractivity contribution in [2.24, 2.45) is 0 Å².